The summed E-state index contributed by atoms with van der Waals surface area (Å²) in [5.74, 6) is 1.44. The molecular weight excluding hydrogens is 296 g/mol. The van der Waals surface area contributed by atoms with Crippen LogP contribution in [0.5, 0.6) is 0 Å². The van der Waals surface area contributed by atoms with Gasteiger partial charge >= 0.3 is 0 Å². The number of aromatic nitrogens is 2. The van der Waals surface area contributed by atoms with Crippen LogP contribution in [-0.4, -0.2) is 9.97 Å². The first-order chi connectivity index (χ1) is 11.7. The van der Waals surface area contributed by atoms with Crippen molar-refractivity contribution < 1.29 is 0 Å². The highest BCUT2D eigenvalue weighted by atomic mass is 15.1. The second-order valence-electron chi connectivity index (χ2n) is 5.82. The molecule has 2 aromatic carbocycles. The van der Waals surface area contributed by atoms with Gasteiger partial charge in [0, 0.05) is 18.8 Å². The molecule has 0 aliphatic heterocycles. The van der Waals surface area contributed by atoms with Crippen molar-refractivity contribution in [1.29, 1.82) is 0 Å². The maximum Gasteiger partial charge on any atom is 0.224 e. The molecule has 0 fully saturated rings. The van der Waals surface area contributed by atoms with E-state index in [1.54, 1.807) is 6.20 Å². The number of rotatable bonds is 6. The summed E-state index contributed by atoms with van der Waals surface area (Å²) in [5.41, 5.74) is 3.74. The minimum atomic E-state index is 0.185. The lowest BCUT2D eigenvalue weighted by Crippen LogP contribution is -2.10. The number of benzene rings is 2. The maximum absolute atomic E-state index is 4.55. The standard InChI is InChI=1S/C20H22N4/c1-15-8-6-7-11-18(15)14-22-20-21-13-12-19(24-20)23-16(2)17-9-4-3-5-10-17/h3-13,16H,14H2,1-2H3,(H2,21,22,23,24). The average Bonchev–Trinajstić information content (AvgIpc) is 2.62. The number of nitrogens with one attached hydrogen (secondary N) is 2. The van der Waals surface area contributed by atoms with Crippen molar-refractivity contribution in [2.45, 2.75) is 26.4 Å². The first-order valence-electron chi connectivity index (χ1n) is 8.15. The molecule has 0 bridgehead atoms. The molecule has 24 heavy (non-hydrogen) atoms. The van der Waals surface area contributed by atoms with Gasteiger partial charge in [-0.15, -0.1) is 0 Å². The topological polar surface area (TPSA) is 49.8 Å². The molecule has 3 rings (SSSR count). The Morgan fingerprint density at radius 1 is 0.958 bits per heavy atom. The molecule has 2 N–H and O–H groups in total. The molecule has 0 saturated heterocycles. The normalized spacial score (nSPS) is 11.8. The maximum atomic E-state index is 4.55. The molecule has 0 aliphatic carbocycles. The van der Waals surface area contributed by atoms with Crippen molar-refractivity contribution in [3.8, 4) is 0 Å². The average molecular weight is 318 g/mol. The Morgan fingerprint density at radius 3 is 2.50 bits per heavy atom. The van der Waals surface area contributed by atoms with Crippen molar-refractivity contribution >= 4 is 11.8 Å². The van der Waals surface area contributed by atoms with E-state index in [-0.39, 0.29) is 6.04 Å². The van der Waals surface area contributed by atoms with Crippen molar-refractivity contribution in [1.82, 2.24) is 9.97 Å². The Bertz CT molecular complexity index is 786. The summed E-state index contributed by atoms with van der Waals surface area (Å²) in [6, 6.07) is 20.7. The third-order valence-electron chi connectivity index (χ3n) is 4.02. The molecule has 4 nitrogen and oxygen atoms in total. The summed E-state index contributed by atoms with van der Waals surface area (Å²) in [4.78, 5) is 8.85. The number of nitrogens with zero attached hydrogens (tertiary/aromatic N) is 2. The molecule has 1 heterocycles. The van der Waals surface area contributed by atoms with Crippen LogP contribution in [0.4, 0.5) is 11.8 Å². The monoisotopic (exact) mass is 318 g/mol. The Balaban J connectivity index is 1.65. The Hall–Kier alpha value is -2.88. The van der Waals surface area contributed by atoms with E-state index in [0.717, 1.165) is 5.82 Å². The largest absolute Gasteiger partial charge is 0.363 e. The fourth-order valence-electron chi connectivity index (χ4n) is 2.55. The van der Waals surface area contributed by atoms with Gasteiger partial charge in [0.05, 0.1) is 0 Å². The van der Waals surface area contributed by atoms with Gasteiger partial charge in [-0.05, 0) is 36.6 Å². The molecule has 0 amide bonds. The van der Waals surface area contributed by atoms with Crippen LogP contribution in [0.15, 0.2) is 66.9 Å². The van der Waals surface area contributed by atoms with E-state index in [1.807, 2.05) is 36.4 Å². The first-order valence-corrected chi connectivity index (χ1v) is 8.15. The smallest absolute Gasteiger partial charge is 0.224 e. The van der Waals surface area contributed by atoms with Gasteiger partial charge in [0.25, 0.3) is 0 Å². The van der Waals surface area contributed by atoms with Gasteiger partial charge in [-0.1, -0.05) is 54.6 Å². The minimum Gasteiger partial charge on any atom is -0.363 e. The van der Waals surface area contributed by atoms with Crippen molar-refractivity contribution in [2.75, 3.05) is 10.6 Å². The summed E-state index contributed by atoms with van der Waals surface area (Å²) in [7, 11) is 0. The van der Waals surface area contributed by atoms with Gasteiger partial charge in [-0.25, -0.2) is 4.98 Å². The van der Waals surface area contributed by atoms with Crippen LogP contribution in [0.1, 0.15) is 29.7 Å². The predicted molar refractivity (Wildman–Crippen MR) is 99.0 cm³/mol. The van der Waals surface area contributed by atoms with Crippen LogP contribution in [-0.2, 0) is 6.54 Å². The number of aryl methyl sites for hydroxylation is 1. The van der Waals surface area contributed by atoms with Crippen molar-refractivity contribution in [3.05, 3.63) is 83.6 Å². The molecular formula is C20H22N4. The summed E-state index contributed by atoms with van der Waals surface area (Å²) >= 11 is 0. The predicted octanol–water partition coefficient (Wildman–Crippen LogP) is 4.57. The molecule has 3 aromatic rings. The zero-order valence-electron chi connectivity index (χ0n) is 14.0. The fourth-order valence-corrected chi connectivity index (χ4v) is 2.55. The second-order valence-corrected chi connectivity index (χ2v) is 5.82. The van der Waals surface area contributed by atoms with Gasteiger partial charge in [0.2, 0.25) is 5.95 Å². The van der Waals surface area contributed by atoms with Crippen LogP contribution in [0.2, 0.25) is 0 Å². The lowest BCUT2D eigenvalue weighted by atomic mass is 10.1. The van der Waals surface area contributed by atoms with Crippen LogP contribution in [0.3, 0.4) is 0 Å². The van der Waals surface area contributed by atoms with Gasteiger partial charge < -0.3 is 10.6 Å². The van der Waals surface area contributed by atoms with Gasteiger partial charge in [0.15, 0.2) is 0 Å². The van der Waals surface area contributed by atoms with E-state index in [1.165, 1.54) is 16.7 Å². The zero-order valence-corrected chi connectivity index (χ0v) is 14.0. The summed E-state index contributed by atoms with van der Waals surface area (Å²) < 4.78 is 0. The van der Waals surface area contributed by atoms with Crippen LogP contribution >= 0.6 is 0 Å². The van der Waals surface area contributed by atoms with Crippen molar-refractivity contribution in [3.63, 3.8) is 0 Å². The van der Waals surface area contributed by atoms with E-state index in [2.05, 4.69) is 58.7 Å². The number of hydrogen-bond acceptors (Lipinski definition) is 4. The Morgan fingerprint density at radius 2 is 1.71 bits per heavy atom. The van der Waals surface area contributed by atoms with Crippen LogP contribution in [0.25, 0.3) is 0 Å². The van der Waals surface area contributed by atoms with Gasteiger partial charge in [-0.3, -0.25) is 0 Å². The molecule has 0 saturated carbocycles. The van der Waals surface area contributed by atoms with E-state index >= 15 is 0 Å². The first kappa shape index (κ1) is 16.0. The second kappa shape index (κ2) is 7.59. The highest BCUT2D eigenvalue weighted by molar-refractivity contribution is 5.42. The van der Waals surface area contributed by atoms with Gasteiger partial charge in [-0.2, -0.15) is 4.98 Å². The van der Waals surface area contributed by atoms with E-state index in [0.29, 0.717) is 12.5 Å². The Labute approximate surface area is 143 Å². The highest BCUT2D eigenvalue weighted by Crippen LogP contribution is 2.18. The third kappa shape index (κ3) is 4.10. The summed E-state index contributed by atoms with van der Waals surface area (Å²) in [6.45, 7) is 4.94. The SMILES string of the molecule is Cc1ccccc1CNc1nccc(NC(C)c2ccccc2)n1. The van der Waals surface area contributed by atoms with E-state index in [4.69, 9.17) is 0 Å². The summed E-state index contributed by atoms with van der Waals surface area (Å²) in [6.07, 6.45) is 1.77. The number of hydrogen-bond donors (Lipinski definition) is 2. The van der Waals surface area contributed by atoms with Gasteiger partial charge in [0.1, 0.15) is 5.82 Å². The number of anilines is 2. The minimum absolute atomic E-state index is 0.185. The lowest BCUT2D eigenvalue weighted by molar-refractivity contribution is 0.871. The molecule has 0 spiro atoms. The third-order valence-corrected chi connectivity index (χ3v) is 4.02. The zero-order chi connectivity index (χ0) is 16.8. The molecule has 4 heteroatoms. The van der Waals surface area contributed by atoms with E-state index < -0.39 is 0 Å². The molecule has 0 aliphatic rings. The highest BCUT2D eigenvalue weighted by Gasteiger charge is 2.06. The summed E-state index contributed by atoms with van der Waals surface area (Å²) in [5, 5.41) is 6.71. The fraction of sp³-hybridized carbons (Fsp3) is 0.200. The van der Waals surface area contributed by atoms with E-state index in [9.17, 15) is 0 Å². The molecule has 1 atom stereocenters. The molecule has 122 valence electrons. The molecule has 0 radical (unpaired) electrons. The van der Waals surface area contributed by atoms with Crippen molar-refractivity contribution in [2.24, 2.45) is 0 Å². The van der Waals surface area contributed by atoms with Crippen LogP contribution in [0, 0.1) is 6.92 Å². The van der Waals surface area contributed by atoms with Crippen LogP contribution < -0.4 is 10.6 Å². The Kier molecular flexibility index (Phi) is 5.06. The lowest BCUT2D eigenvalue weighted by Gasteiger charge is -2.15. The molecule has 1 unspecified atom stereocenters. The molecule has 1 aromatic heterocycles. The quantitative estimate of drug-likeness (QED) is 0.699.